The molecule has 0 bridgehead atoms. The van der Waals surface area contributed by atoms with E-state index in [4.69, 9.17) is 4.42 Å². The van der Waals surface area contributed by atoms with Gasteiger partial charge < -0.3 is 20.2 Å². The highest BCUT2D eigenvalue weighted by molar-refractivity contribution is 5.74. The fourth-order valence-electron chi connectivity index (χ4n) is 2.46. The Bertz CT molecular complexity index is 811. The average Bonchev–Trinajstić information content (AvgIpc) is 3.32. The summed E-state index contributed by atoms with van der Waals surface area (Å²) in [7, 11) is 0. The van der Waals surface area contributed by atoms with Gasteiger partial charge in [0.15, 0.2) is 0 Å². The molecule has 1 atom stereocenters. The summed E-state index contributed by atoms with van der Waals surface area (Å²) in [5, 5.41) is 20.0. The number of hydrogen-bond donors (Lipinski definition) is 3. The molecule has 0 aliphatic heterocycles. The van der Waals surface area contributed by atoms with Crippen LogP contribution in [0.1, 0.15) is 18.2 Å². The number of hydrogen-bond acceptors (Lipinski definition) is 4. The number of amides is 2. The molecule has 0 aliphatic rings. The average molecular weight is 340 g/mol. The predicted octanol–water partition coefficient (Wildman–Crippen LogP) is 2.17. The van der Waals surface area contributed by atoms with Crippen molar-refractivity contribution >= 4 is 6.03 Å². The SMILES string of the molecule is C[C@](O)(CNC(=O)NCc1ccccc1-n1cccn1)c1ccco1. The first-order chi connectivity index (χ1) is 12.1. The lowest BCUT2D eigenvalue weighted by molar-refractivity contribution is 0.0367. The number of para-hydroxylation sites is 1. The largest absolute Gasteiger partial charge is 0.466 e. The Hall–Kier alpha value is -3.06. The summed E-state index contributed by atoms with van der Waals surface area (Å²) >= 11 is 0. The van der Waals surface area contributed by atoms with Gasteiger partial charge in [0.1, 0.15) is 11.4 Å². The zero-order valence-electron chi connectivity index (χ0n) is 13.8. The number of benzene rings is 1. The summed E-state index contributed by atoms with van der Waals surface area (Å²) in [4.78, 5) is 12.0. The van der Waals surface area contributed by atoms with Crippen LogP contribution in [0.15, 0.2) is 65.5 Å². The highest BCUT2D eigenvalue weighted by atomic mass is 16.4. The fourth-order valence-corrected chi connectivity index (χ4v) is 2.46. The Balaban J connectivity index is 1.57. The van der Waals surface area contributed by atoms with Gasteiger partial charge in [0, 0.05) is 18.9 Å². The topological polar surface area (TPSA) is 92.3 Å². The Morgan fingerprint density at radius 2 is 2.08 bits per heavy atom. The fraction of sp³-hybridized carbons (Fsp3) is 0.222. The molecule has 0 saturated heterocycles. The molecule has 7 heteroatoms. The molecule has 3 aromatic rings. The van der Waals surface area contributed by atoms with Crippen molar-refractivity contribution in [2.75, 3.05) is 6.54 Å². The second-order valence-electron chi connectivity index (χ2n) is 5.87. The number of aromatic nitrogens is 2. The van der Waals surface area contributed by atoms with E-state index < -0.39 is 5.60 Å². The predicted molar refractivity (Wildman–Crippen MR) is 92.1 cm³/mol. The van der Waals surface area contributed by atoms with Crippen molar-refractivity contribution in [1.82, 2.24) is 20.4 Å². The molecule has 3 N–H and O–H groups in total. The molecule has 1 aromatic carbocycles. The van der Waals surface area contributed by atoms with Crippen molar-refractivity contribution in [2.45, 2.75) is 19.1 Å². The molecule has 2 heterocycles. The third-order valence-electron chi connectivity index (χ3n) is 3.83. The Morgan fingerprint density at radius 1 is 1.24 bits per heavy atom. The van der Waals surface area contributed by atoms with Crippen LogP contribution < -0.4 is 10.6 Å². The number of furan rings is 1. The minimum Gasteiger partial charge on any atom is -0.466 e. The third kappa shape index (κ3) is 4.07. The van der Waals surface area contributed by atoms with Gasteiger partial charge >= 0.3 is 6.03 Å². The summed E-state index contributed by atoms with van der Waals surface area (Å²) in [6.07, 6.45) is 5.03. The monoisotopic (exact) mass is 340 g/mol. The van der Waals surface area contributed by atoms with Crippen molar-refractivity contribution in [3.05, 3.63) is 72.4 Å². The van der Waals surface area contributed by atoms with Gasteiger partial charge in [-0.15, -0.1) is 0 Å². The number of nitrogens with one attached hydrogen (secondary N) is 2. The van der Waals surface area contributed by atoms with Crippen molar-refractivity contribution in [1.29, 1.82) is 0 Å². The van der Waals surface area contributed by atoms with E-state index in [1.165, 1.54) is 6.26 Å². The normalized spacial score (nSPS) is 13.2. The molecule has 25 heavy (non-hydrogen) atoms. The van der Waals surface area contributed by atoms with Gasteiger partial charge in [0.05, 0.1) is 18.5 Å². The van der Waals surface area contributed by atoms with Gasteiger partial charge in [-0.25, -0.2) is 9.48 Å². The van der Waals surface area contributed by atoms with Gasteiger partial charge in [-0.3, -0.25) is 0 Å². The maximum absolute atomic E-state index is 12.0. The lowest BCUT2D eigenvalue weighted by Crippen LogP contribution is -2.43. The van der Waals surface area contributed by atoms with E-state index in [1.54, 1.807) is 29.9 Å². The van der Waals surface area contributed by atoms with Gasteiger partial charge in [-0.1, -0.05) is 18.2 Å². The number of urea groups is 1. The number of carbonyl (C=O) groups excluding carboxylic acids is 1. The van der Waals surface area contributed by atoms with Crippen LogP contribution in [0.4, 0.5) is 4.79 Å². The minimum absolute atomic E-state index is 0.0349. The van der Waals surface area contributed by atoms with Gasteiger partial charge in [-0.05, 0) is 36.8 Å². The maximum Gasteiger partial charge on any atom is 0.315 e. The molecule has 0 saturated carbocycles. The van der Waals surface area contributed by atoms with Crippen LogP contribution in [0.5, 0.6) is 0 Å². The maximum atomic E-state index is 12.0. The number of carbonyl (C=O) groups is 1. The molecule has 0 aliphatic carbocycles. The Labute approximate surface area is 145 Å². The van der Waals surface area contributed by atoms with Crippen LogP contribution >= 0.6 is 0 Å². The molecule has 7 nitrogen and oxygen atoms in total. The van der Waals surface area contributed by atoms with E-state index >= 15 is 0 Å². The summed E-state index contributed by atoms with van der Waals surface area (Å²) in [5.74, 6) is 0.400. The van der Waals surface area contributed by atoms with Crippen molar-refractivity contribution in [3.63, 3.8) is 0 Å². The van der Waals surface area contributed by atoms with Gasteiger partial charge in [0.25, 0.3) is 0 Å². The molecule has 130 valence electrons. The molecule has 2 aromatic heterocycles. The van der Waals surface area contributed by atoms with Crippen molar-refractivity contribution in [3.8, 4) is 5.69 Å². The van der Waals surface area contributed by atoms with E-state index in [-0.39, 0.29) is 12.6 Å². The molecular weight excluding hydrogens is 320 g/mol. The van der Waals surface area contributed by atoms with Crippen LogP contribution in [0.2, 0.25) is 0 Å². The Kier molecular flexibility index (Phi) is 4.85. The Morgan fingerprint density at radius 3 is 2.80 bits per heavy atom. The van der Waals surface area contributed by atoms with E-state index in [0.29, 0.717) is 12.3 Å². The van der Waals surface area contributed by atoms with E-state index in [1.807, 2.05) is 36.5 Å². The number of rotatable bonds is 6. The van der Waals surface area contributed by atoms with E-state index in [0.717, 1.165) is 11.3 Å². The van der Waals surface area contributed by atoms with Crippen LogP contribution in [-0.2, 0) is 12.1 Å². The van der Waals surface area contributed by atoms with Crippen LogP contribution in [0.25, 0.3) is 5.69 Å². The summed E-state index contributed by atoms with van der Waals surface area (Å²) in [6.45, 7) is 1.96. The first kappa shape index (κ1) is 16.8. The highest BCUT2D eigenvalue weighted by Crippen LogP contribution is 2.19. The zero-order chi connectivity index (χ0) is 17.7. The number of aliphatic hydroxyl groups is 1. The molecule has 2 amide bonds. The smallest absolute Gasteiger partial charge is 0.315 e. The molecule has 0 fully saturated rings. The standard InChI is InChI=1S/C18H20N4O3/c1-18(24,16-8-4-11-25-16)13-20-17(23)19-12-14-6-2-3-7-15(14)22-10-5-9-21-22/h2-11,24H,12-13H2,1H3,(H2,19,20,23)/t18-/m0/s1. The van der Waals surface area contributed by atoms with Crippen LogP contribution in [-0.4, -0.2) is 27.5 Å². The van der Waals surface area contributed by atoms with Crippen LogP contribution in [0, 0.1) is 0 Å². The van der Waals surface area contributed by atoms with Gasteiger partial charge in [-0.2, -0.15) is 5.10 Å². The molecule has 3 rings (SSSR count). The van der Waals surface area contributed by atoms with Crippen molar-refractivity contribution in [2.24, 2.45) is 0 Å². The molecular formula is C18H20N4O3. The quantitative estimate of drug-likeness (QED) is 0.641. The first-order valence-electron chi connectivity index (χ1n) is 7.92. The minimum atomic E-state index is -1.27. The third-order valence-corrected chi connectivity index (χ3v) is 3.83. The zero-order valence-corrected chi connectivity index (χ0v) is 13.8. The van der Waals surface area contributed by atoms with E-state index in [9.17, 15) is 9.90 Å². The number of nitrogens with zero attached hydrogens (tertiary/aromatic N) is 2. The second-order valence-corrected chi connectivity index (χ2v) is 5.87. The van der Waals surface area contributed by atoms with E-state index in [2.05, 4.69) is 15.7 Å². The van der Waals surface area contributed by atoms with Crippen molar-refractivity contribution < 1.29 is 14.3 Å². The lowest BCUT2D eigenvalue weighted by Gasteiger charge is -2.21. The summed E-state index contributed by atoms with van der Waals surface area (Å²) < 4.78 is 6.93. The van der Waals surface area contributed by atoms with Gasteiger partial charge in [0.2, 0.25) is 0 Å². The van der Waals surface area contributed by atoms with Crippen LogP contribution in [0.3, 0.4) is 0 Å². The second kappa shape index (κ2) is 7.23. The molecule has 0 radical (unpaired) electrons. The highest BCUT2D eigenvalue weighted by Gasteiger charge is 2.26. The summed E-state index contributed by atoms with van der Waals surface area (Å²) in [5.41, 5.74) is 0.558. The lowest BCUT2D eigenvalue weighted by atomic mass is 10.0. The first-order valence-corrected chi connectivity index (χ1v) is 7.92. The molecule has 0 unspecified atom stereocenters. The molecule has 0 spiro atoms. The summed E-state index contributed by atoms with van der Waals surface area (Å²) in [6, 6.07) is 12.5.